The van der Waals surface area contributed by atoms with Gasteiger partial charge in [-0.3, -0.25) is 4.79 Å². The Morgan fingerprint density at radius 1 is 1.38 bits per heavy atom. The molecule has 24 heavy (non-hydrogen) atoms. The topological polar surface area (TPSA) is 53.2 Å². The quantitative estimate of drug-likeness (QED) is 0.516. The molecule has 1 aromatic carbocycles. The molecule has 1 heterocycles. The molecule has 1 aromatic rings. The van der Waals surface area contributed by atoms with Crippen molar-refractivity contribution < 1.29 is 4.79 Å². The van der Waals surface area contributed by atoms with Crippen molar-refractivity contribution in [1.82, 2.24) is 16.0 Å². The molecule has 0 spiro atoms. The third-order valence-corrected chi connectivity index (χ3v) is 5.23. The zero-order valence-corrected chi connectivity index (χ0v) is 15.7. The van der Waals surface area contributed by atoms with Crippen LogP contribution in [-0.4, -0.2) is 42.9 Å². The van der Waals surface area contributed by atoms with Crippen LogP contribution < -0.4 is 16.0 Å². The molecule has 1 fully saturated rings. The van der Waals surface area contributed by atoms with E-state index in [1.54, 1.807) is 0 Å². The smallest absolute Gasteiger partial charge is 0.237 e. The van der Waals surface area contributed by atoms with Gasteiger partial charge in [0.1, 0.15) is 0 Å². The molecule has 1 aliphatic rings. The van der Waals surface area contributed by atoms with Crippen molar-refractivity contribution in [3.8, 4) is 0 Å². The number of hydrogen-bond donors (Lipinski definition) is 4. The Morgan fingerprint density at radius 2 is 2.12 bits per heavy atom. The maximum Gasteiger partial charge on any atom is 0.237 e. The maximum atomic E-state index is 12.6. The van der Waals surface area contributed by atoms with Crippen molar-refractivity contribution >= 4 is 18.5 Å². The first-order chi connectivity index (χ1) is 11.6. The second-order valence-corrected chi connectivity index (χ2v) is 7.52. The molecular formula is C19H31N3OS. The molecule has 3 N–H and O–H groups in total. The molecule has 0 bridgehead atoms. The standard InChI is InChI=1S/C19H31N3OS/c1-3-14(2)18(22-12-16-11-17(24)13-21-16)19(23)20-10-9-15-7-5-4-6-8-15/h4-8,14,16-18,21-22,24H,3,9-13H2,1-2H3,(H,20,23)/t14-,16+,17+,18-/m0/s1. The Hall–Kier alpha value is -1.04. The van der Waals surface area contributed by atoms with Crippen LogP contribution in [0.3, 0.4) is 0 Å². The van der Waals surface area contributed by atoms with Crippen LogP contribution >= 0.6 is 12.6 Å². The minimum atomic E-state index is -0.133. The van der Waals surface area contributed by atoms with Crippen molar-refractivity contribution in [1.29, 1.82) is 0 Å². The lowest BCUT2D eigenvalue weighted by Gasteiger charge is -2.25. The van der Waals surface area contributed by atoms with Crippen molar-refractivity contribution in [2.75, 3.05) is 19.6 Å². The van der Waals surface area contributed by atoms with Gasteiger partial charge in [0.25, 0.3) is 0 Å². The third-order valence-electron chi connectivity index (χ3n) is 4.83. The van der Waals surface area contributed by atoms with E-state index in [0.29, 0.717) is 23.8 Å². The molecule has 0 saturated carbocycles. The van der Waals surface area contributed by atoms with Gasteiger partial charge in [-0.2, -0.15) is 12.6 Å². The highest BCUT2D eigenvalue weighted by Crippen LogP contribution is 2.13. The van der Waals surface area contributed by atoms with Gasteiger partial charge in [-0.25, -0.2) is 0 Å². The first kappa shape index (κ1) is 19.3. The Labute approximate surface area is 151 Å². The monoisotopic (exact) mass is 349 g/mol. The molecule has 0 unspecified atom stereocenters. The van der Waals surface area contributed by atoms with Crippen LogP contribution in [0.2, 0.25) is 0 Å². The second-order valence-electron chi connectivity index (χ2n) is 6.79. The summed E-state index contributed by atoms with van der Waals surface area (Å²) in [6, 6.07) is 10.5. The number of nitrogens with one attached hydrogen (secondary N) is 3. The molecule has 5 heteroatoms. The van der Waals surface area contributed by atoms with Gasteiger partial charge in [-0.1, -0.05) is 50.6 Å². The van der Waals surface area contributed by atoms with Crippen LogP contribution in [0.15, 0.2) is 30.3 Å². The fourth-order valence-electron chi connectivity index (χ4n) is 3.10. The largest absolute Gasteiger partial charge is 0.354 e. The first-order valence-electron chi connectivity index (χ1n) is 9.06. The van der Waals surface area contributed by atoms with Crippen molar-refractivity contribution in [2.24, 2.45) is 5.92 Å². The Kier molecular flexibility index (Phi) is 8.09. The van der Waals surface area contributed by atoms with Crippen LogP contribution in [0.1, 0.15) is 32.3 Å². The zero-order chi connectivity index (χ0) is 17.4. The van der Waals surface area contributed by atoms with Gasteiger partial charge >= 0.3 is 0 Å². The minimum Gasteiger partial charge on any atom is -0.354 e. The maximum absolute atomic E-state index is 12.6. The average molecular weight is 350 g/mol. The normalized spacial score (nSPS) is 23.0. The molecular weight excluding hydrogens is 318 g/mol. The predicted octanol–water partition coefficient (Wildman–Crippen LogP) is 2.01. The van der Waals surface area contributed by atoms with E-state index in [2.05, 4.69) is 54.6 Å². The Balaban J connectivity index is 1.78. The predicted molar refractivity (Wildman–Crippen MR) is 104 cm³/mol. The molecule has 2 rings (SSSR count). The van der Waals surface area contributed by atoms with Crippen LogP contribution in [0.5, 0.6) is 0 Å². The van der Waals surface area contributed by atoms with Crippen LogP contribution in [0, 0.1) is 5.92 Å². The van der Waals surface area contributed by atoms with Gasteiger partial charge < -0.3 is 16.0 Å². The summed E-state index contributed by atoms with van der Waals surface area (Å²) in [6.45, 7) is 6.72. The van der Waals surface area contributed by atoms with Gasteiger partial charge in [0.15, 0.2) is 0 Å². The van der Waals surface area contributed by atoms with Gasteiger partial charge in [-0.15, -0.1) is 0 Å². The summed E-state index contributed by atoms with van der Waals surface area (Å²) in [5, 5.41) is 10.4. The molecule has 0 aromatic heterocycles. The van der Waals surface area contributed by atoms with Gasteiger partial charge in [-0.05, 0) is 24.3 Å². The van der Waals surface area contributed by atoms with E-state index in [9.17, 15) is 4.79 Å². The van der Waals surface area contributed by atoms with Gasteiger partial charge in [0, 0.05) is 30.9 Å². The summed E-state index contributed by atoms with van der Waals surface area (Å²) in [5.41, 5.74) is 1.25. The van der Waals surface area contributed by atoms with Crippen LogP contribution in [-0.2, 0) is 11.2 Å². The first-order valence-corrected chi connectivity index (χ1v) is 9.58. The lowest BCUT2D eigenvalue weighted by atomic mass is 9.98. The zero-order valence-electron chi connectivity index (χ0n) is 14.8. The summed E-state index contributed by atoms with van der Waals surface area (Å²) in [6.07, 6.45) is 2.90. The molecule has 0 aliphatic carbocycles. The van der Waals surface area contributed by atoms with Crippen molar-refractivity contribution in [2.45, 2.75) is 50.4 Å². The van der Waals surface area contributed by atoms with Crippen molar-refractivity contribution in [3.05, 3.63) is 35.9 Å². The van der Waals surface area contributed by atoms with E-state index in [1.165, 1.54) is 5.56 Å². The SMILES string of the molecule is CC[C@H](C)[C@H](NC[C@H]1C[C@@H](S)CN1)C(=O)NCCc1ccccc1. The molecule has 1 saturated heterocycles. The van der Waals surface area contributed by atoms with Crippen LogP contribution in [0.4, 0.5) is 0 Å². The summed E-state index contributed by atoms with van der Waals surface area (Å²) in [7, 11) is 0. The number of hydrogen-bond acceptors (Lipinski definition) is 4. The molecule has 1 amide bonds. The van der Waals surface area contributed by atoms with Crippen molar-refractivity contribution in [3.63, 3.8) is 0 Å². The van der Waals surface area contributed by atoms with Gasteiger partial charge in [0.2, 0.25) is 5.91 Å². The highest BCUT2D eigenvalue weighted by atomic mass is 32.1. The Morgan fingerprint density at radius 3 is 2.75 bits per heavy atom. The highest BCUT2D eigenvalue weighted by Gasteiger charge is 2.26. The lowest BCUT2D eigenvalue weighted by Crippen LogP contribution is -2.51. The molecule has 4 atom stereocenters. The van der Waals surface area contributed by atoms with E-state index >= 15 is 0 Å². The summed E-state index contributed by atoms with van der Waals surface area (Å²) in [4.78, 5) is 12.6. The fraction of sp³-hybridized carbons (Fsp3) is 0.632. The van der Waals surface area contributed by atoms with Gasteiger partial charge in [0.05, 0.1) is 6.04 Å². The third kappa shape index (κ3) is 6.11. The number of carbonyl (C=O) groups is 1. The number of rotatable bonds is 9. The molecule has 0 radical (unpaired) electrons. The molecule has 1 aliphatic heterocycles. The summed E-state index contributed by atoms with van der Waals surface area (Å²) < 4.78 is 0. The molecule has 134 valence electrons. The Bertz CT molecular complexity index is 497. The molecule has 4 nitrogen and oxygen atoms in total. The van der Waals surface area contributed by atoms with E-state index < -0.39 is 0 Å². The van der Waals surface area contributed by atoms with E-state index in [0.717, 1.165) is 32.4 Å². The average Bonchev–Trinajstić information content (AvgIpc) is 3.01. The van der Waals surface area contributed by atoms with Crippen LogP contribution in [0.25, 0.3) is 0 Å². The number of thiol groups is 1. The second kappa shape index (κ2) is 10.1. The highest BCUT2D eigenvalue weighted by molar-refractivity contribution is 7.81. The number of benzene rings is 1. The fourth-order valence-corrected chi connectivity index (χ4v) is 3.46. The van der Waals surface area contributed by atoms with E-state index in [-0.39, 0.29) is 11.9 Å². The number of carbonyl (C=O) groups excluding carboxylic acids is 1. The summed E-state index contributed by atoms with van der Waals surface area (Å²) >= 11 is 4.51. The lowest BCUT2D eigenvalue weighted by molar-refractivity contribution is -0.124. The minimum absolute atomic E-state index is 0.112. The van der Waals surface area contributed by atoms with E-state index in [4.69, 9.17) is 0 Å². The summed E-state index contributed by atoms with van der Waals surface area (Å²) in [5.74, 6) is 0.427. The number of amides is 1. The van der Waals surface area contributed by atoms with E-state index in [1.807, 2.05) is 18.2 Å².